The molecule has 5 heteroatoms. The summed E-state index contributed by atoms with van der Waals surface area (Å²) in [6.45, 7) is 0.897. The van der Waals surface area contributed by atoms with Gasteiger partial charge in [-0.25, -0.2) is 0 Å². The van der Waals surface area contributed by atoms with E-state index in [9.17, 15) is 0 Å². The average molecular weight is 261 g/mol. The molecule has 0 unspecified atom stereocenters. The first-order chi connectivity index (χ1) is 9.69. The van der Waals surface area contributed by atoms with Gasteiger partial charge in [-0.05, 0) is 35.8 Å². The first kappa shape index (κ1) is 13.3. The maximum Gasteiger partial charge on any atom is 0.175 e. The zero-order chi connectivity index (χ0) is 14.5. The van der Waals surface area contributed by atoms with Gasteiger partial charge < -0.3 is 10.7 Å². The van der Waals surface area contributed by atoms with Gasteiger partial charge in [0.05, 0.1) is 23.4 Å². The highest BCUT2D eigenvalue weighted by molar-refractivity contribution is 6.08. The molecule has 0 bridgehead atoms. The van der Waals surface area contributed by atoms with E-state index >= 15 is 0 Å². The lowest BCUT2D eigenvalue weighted by Crippen LogP contribution is -2.11. The van der Waals surface area contributed by atoms with Crippen molar-refractivity contribution < 1.29 is 0 Å². The van der Waals surface area contributed by atoms with Crippen molar-refractivity contribution in [1.29, 1.82) is 21.2 Å². The first-order valence-corrected chi connectivity index (χ1v) is 6.06. The summed E-state index contributed by atoms with van der Waals surface area (Å²) in [5.41, 5.74) is 2.84. The van der Waals surface area contributed by atoms with Gasteiger partial charge in [0.25, 0.3) is 0 Å². The fourth-order valence-corrected chi connectivity index (χ4v) is 2.06. The normalized spacial score (nSPS) is 12.8. The zero-order valence-corrected chi connectivity index (χ0v) is 10.6. The van der Waals surface area contributed by atoms with E-state index in [1.165, 1.54) is 5.56 Å². The number of rotatable bonds is 3. The van der Waals surface area contributed by atoms with E-state index in [-0.39, 0.29) is 11.3 Å². The molecule has 0 saturated heterocycles. The van der Waals surface area contributed by atoms with Crippen LogP contribution in [0.4, 0.5) is 5.69 Å². The fraction of sp³-hybridized carbons (Fsp3) is 0.200. The molecule has 96 valence electrons. The van der Waals surface area contributed by atoms with Crippen LogP contribution in [0, 0.1) is 45.3 Å². The quantitative estimate of drug-likeness (QED) is 0.642. The van der Waals surface area contributed by atoms with Gasteiger partial charge in [-0.3, -0.25) is 0 Å². The number of anilines is 1. The van der Waals surface area contributed by atoms with Crippen LogP contribution in [0.2, 0.25) is 0 Å². The summed E-state index contributed by atoms with van der Waals surface area (Å²) < 4.78 is 0. The fourth-order valence-electron chi connectivity index (χ4n) is 2.06. The molecule has 20 heavy (non-hydrogen) atoms. The van der Waals surface area contributed by atoms with Gasteiger partial charge in [-0.15, -0.1) is 0 Å². The highest BCUT2D eigenvalue weighted by Crippen LogP contribution is 2.24. The van der Waals surface area contributed by atoms with E-state index in [0.29, 0.717) is 0 Å². The number of nitrogens with one attached hydrogen (secondary N) is 2. The predicted octanol–water partition coefficient (Wildman–Crippen LogP) is 2.24. The third kappa shape index (κ3) is 2.51. The Hall–Kier alpha value is -3.10. The predicted molar refractivity (Wildman–Crippen MR) is 74.7 cm³/mol. The Morgan fingerprint density at radius 3 is 2.70 bits per heavy atom. The Bertz CT molecular complexity index is 695. The van der Waals surface area contributed by atoms with Gasteiger partial charge in [-0.2, -0.15) is 15.8 Å². The number of nitrogens with zero attached hydrogens (tertiary/aromatic N) is 3. The second kappa shape index (κ2) is 5.69. The van der Waals surface area contributed by atoms with E-state index in [1.807, 2.05) is 24.3 Å². The Morgan fingerprint density at radius 1 is 1.30 bits per heavy atom. The van der Waals surface area contributed by atoms with E-state index < -0.39 is 5.92 Å². The largest absolute Gasteiger partial charge is 0.384 e. The molecule has 1 aliphatic rings. The molecule has 2 N–H and O–H groups in total. The van der Waals surface area contributed by atoms with Crippen molar-refractivity contribution in [1.82, 2.24) is 0 Å². The molecule has 2 rings (SSSR count). The minimum absolute atomic E-state index is 0.0454. The number of fused-ring (bicyclic) bond motifs is 1. The van der Waals surface area contributed by atoms with Crippen LogP contribution in [0.3, 0.4) is 0 Å². The van der Waals surface area contributed by atoms with Gasteiger partial charge in [0.2, 0.25) is 0 Å². The van der Waals surface area contributed by atoms with Crippen LogP contribution in [0.1, 0.15) is 11.1 Å². The molecular weight excluding hydrogens is 250 g/mol. The Morgan fingerprint density at radius 2 is 2.05 bits per heavy atom. The van der Waals surface area contributed by atoms with Crippen LogP contribution in [0.15, 0.2) is 23.8 Å². The summed E-state index contributed by atoms with van der Waals surface area (Å²) in [5, 5.41) is 37.6. The maximum atomic E-state index is 9.10. The lowest BCUT2D eigenvalue weighted by molar-refractivity contribution is 1.11. The molecule has 0 aromatic heterocycles. The molecule has 0 atom stereocenters. The first-order valence-electron chi connectivity index (χ1n) is 6.06. The SMILES string of the molecule is N#C/C(=C\c1ccc2c(c1)CCN2)C(=N)C(C#N)C#N. The molecule has 0 saturated carbocycles. The number of hydrogen-bond donors (Lipinski definition) is 2. The van der Waals surface area contributed by atoms with Crippen molar-refractivity contribution in [3.8, 4) is 18.2 Å². The van der Waals surface area contributed by atoms with Crippen molar-refractivity contribution in [3.63, 3.8) is 0 Å². The van der Waals surface area contributed by atoms with Gasteiger partial charge in [0.15, 0.2) is 5.92 Å². The number of nitriles is 3. The third-order valence-electron chi connectivity index (χ3n) is 3.11. The van der Waals surface area contributed by atoms with E-state index in [0.717, 1.165) is 24.2 Å². The Kier molecular flexibility index (Phi) is 3.80. The minimum atomic E-state index is -1.21. The summed E-state index contributed by atoms with van der Waals surface area (Å²) in [4.78, 5) is 0. The van der Waals surface area contributed by atoms with E-state index in [2.05, 4.69) is 5.32 Å². The van der Waals surface area contributed by atoms with Crippen LogP contribution in [-0.2, 0) is 6.42 Å². The van der Waals surface area contributed by atoms with Crippen LogP contribution >= 0.6 is 0 Å². The molecule has 1 heterocycles. The summed E-state index contributed by atoms with van der Waals surface area (Å²) >= 11 is 0. The number of hydrogen-bond acceptors (Lipinski definition) is 5. The topological polar surface area (TPSA) is 107 Å². The molecule has 0 spiro atoms. The zero-order valence-electron chi connectivity index (χ0n) is 10.6. The smallest absolute Gasteiger partial charge is 0.175 e. The molecule has 1 aromatic rings. The second-order valence-corrected chi connectivity index (χ2v) is 4.37. The monoisotopic (exact) mass is 261 g/mol. The number of allylic oxidation sites excluding steroid dienone is 1. The molecule has 1 aromatic carbocycles. The van der Waals surface area contributed by atoms with Crippen molar-refractivity contribution >= 4 is 17.5 Å². The molecule has 0 radical (unpaired) electrons. The summed E-state index contributed by atoms with van der Waals surface area (Å²) in [6.07, 6.45) is 2.47. The molecule has 5 nitrogen and oxygen atoms in total. The van der Waals surface area contributed by atoms with Gasteiger partial charge in [-0.1, -0.05) is 6.07 Å². The summed E-state index contributed by atoms with van der Waals surface area (Å²) in [6, 6.07) is 11.0. The Labute approximate surface area is 116 Å². The lowest BCUT2D eigenvalue weighted by atomic mass is 9.97. The molecular formula is C15H11N5. The van der Waals surface area contributed by atoms with Gasteiger partial charge >= 0.3 is 0 Å². The van der Waals surface area contributed by atoms with Crippen molar-refractivity contribution in [2.45, 2.75) is 6.42 Å². The van der Waals surface area contributed by atoms with Crippen molar-refractivity contribution in [2.24, 2.45) is 5.92 Å². The van der Waals surface area contributed by atoms with Crippen LogP contribution in [0.25, 0.3) is 6.08 Å². The standard InChI is InChI=1S/C15H11N5/c16-7-12(15(19)13(8-17)9-18)6-10-1-2-14-11(5-10)3-4-20-14/h1-2,5-6,13,19-20H,3-4H2/b12-6+,19-15?. The average Bonchev–Trinajstić information content (AvgIpc) is 2.93. The number of benzene rings is 1. The second-order valence-electron chi connectivity index (χ2n) is 4.37. The van der Waals surface area contributed by atoms with Crippen LogP contribution in [-0.4, -0.2) is 12.3 Å². The van der Waals surface area contributed by atoms with E-state index in [1.54, 1.807) is 18.2 Å². The molecule has 0 aliphatic carbocycles. The third-order valence-corrected chi connectivity index (χ3v) is 3.11. The molecule has 1 aliphatic heterocycles. The summed E-state index contributed by atoms with van der Waals surface area (Å²) in [5.74, 6) is -1.21. The molecule has 0 fully saturated rings. The minimum Gasteiger partial charge on any atom is -0.384 e. The van der Waals surface area contributed by atoms with Gasteiger partial charge in [0, 0.05) is 12.2 Å². The van der Waals surface area contributed by atoms with Gasteiger partial charge in [0.1, 0.15) is 6.07 Å². The van der Waals surface area contributed by atoms with Crippen molar-refractivity contribution in [2.75, 3.05) is 11.9 Å². The summed E-state index contributed by atoms with van der Waals surface area (Å²) in [7, 11) is 0. The highest BCUT2D eigenvalue weighted by Gasteiger charge is 2.17. The van der Waals surface area contributed by atoms with Crippen LogP contribution in [0.5, 0.6) is 0 Å². The highest BCUT2D eigenvalue weighted by atomic mass is 14.9. The van der Waals surface area contributed by atoms with Crippen molar-refractivity contribution in [3.05, 3.63) is 34.9 Å². The van der Waals surface area contributed by atoms with E-state index in [4.69, 9.17) is 21.2 Å². The van der Waals surface area contributed by atoms with Crippen LogP contribution < -0.4 is 5.32 Å². The Balaban J connectivity index is 2.33. The maximum absolute atomic E-state index is 9.10. The lowest BCUT2D eigenvalue weighted by Gasteiger charge is -2.04. The molecule has 0 amide bonds.